The molecule has 1 aliphatic heterocycles. The number of hydrogen-bond acceptors (Lipinski definition) is 6. The summed E-state index contributed by atoms with van der Waals surface area (Å²) < 4.78 is 11.9. The number of fused-ring (bicyclic) bond motifs is 2. The lowest BCUT2D eigenvalue weighted by atomic mass is 9.89. The van der Waals surface area contributed by atoms with E-state index in [2.05, 4.69) is 16.4 Å². The summed E-state index contributed by atoms with van der Waals surface area (Å²) in [7, 11) is 0. The number of amides is 2. The van der Waals surface area contributed by atoms with Crippen molar-refractivity contribution in [1.29, 1.82) is 0 Å². The Morgan fingerprint density at radius 1 is 1.21 bits per heavy atom. The van der Waals surface area contributed by atoms with Crippen molar-refractivity contribution in [3.63, 3.8) is 0 Å². The number of nitrogens with zero attached hydrogens (tertiary/aromatic N) is 2. The molecule has 8 heteroatoms. The summed E-state index contributed by atoms with van der Waals surface area (Å²) in [5.41, 5.74) is 0.752. The van der Waals surface area contributed by atoms with Crippen LogP contribution in [-0.4, -0.2) is 39.6 Å². The third kappa shape index (κ3) is 4.34. The second-order valence-corrected chi connectivity index (χ2v) is 10.4. The average Bonchev–Trinajstić information content (AvgIpc) is 3.53. The molecule has 0 saturated heterocycles. The first-order valence-corrected chi connectivity index (χ1v) is 11.7. The molecule has 2 amide bonds. The fourth-order valence-corrected chi connectivity index (χ4v) is 4.89. The fourth-order valence-electron chi connectivity index (χ4n) is 4.89. The van der Waals surface area contributed by atoms with Gasteiger partial charge in [-0.25, -0.2) is 4.98 Å². The van der Waals surface area contributed by atoms with Crippen LogP contribution in [0.5, 0.6) is 11.6 Å². The number of nitrogens with one attached hydrogen (secondary N) is 1. The lowest BCUT2D eigenvalue weighted by molar-refractivity contribution is -0.277. The van der Waals surface area contributed by atoms with Crippen LogP contribution in [0, 0.1) is 0 Å². The van der Waals surface area contributed by atoms with Gasteiger partial charge in [0.05, 0.1) is 25.1 Å². The average molecular weight is 467 g/mol. The number of carboxylic acid groups (broad SMARTS) is 1. The molecule has 2 aromatic rings. The summed E-state index contributed by atoms with van der Waals surface area (Å²) in [5, 5.41) is 14.7. The third-order valence-electron chi connectivity index (χ3n) is 6.87. The van der Waals surface area contributed by atoms with Crippen molar-refractivity contribution in [2.45, 2.75) is 77.0 Å². The van der Waals surface area contributed by atoms with E-state index in [9.17, 15) is 14.7 Å². The molecule has 4 rings (SSSR count). The van der Waals surface area contributed by atoms with Crippen molar-refractivity contribution < 1.29 is 24.2 Å². The summed E-state index contributed by atoms with van der Waals surface area (Å²) in [6.45, 7) is 9.87. The van der Waals surface area contributed by atoms with Gasteiger partial charge < -0.3 is 29.6 Å². The quantitative estimate of drug-likeness (QED) is 0.690. The molecule has 2 aliphatic rings. The Hall–Kier alpha value is -3.13. The van der Waals surface area contributed by atoms with Crippen LogP contribution in [0.25, 0.3) is 0 Å². The van der Waals surface area contributed by atoms with Crippen molar-refractivity contribution in [3.8, 4) is 11.6 Å². The van der Waals surface area contributed by atoms with Crippen LogP contribution in [0.3, 0.4) is 0 Å². The van der Waals surface area contributed by atoms with Crippen molar-refractivity contribution >= 4 is 17.7 Å². The zero-order chi connectivity index (χ0) is 24.7. The largest absolute Gasteiger partial charge is 0.530 e. The van der Waals surface area contributed by atoms with Crippen LogP contribution in [0.15, 0.2) is 36.5 Å². The topological polar surface area (TPSA) is 104 Å². The molecule has 1 N–H and O–H groups in total. The van der Waals surface area contributed by atoms with E-state index >= 15 is 0 Å². The van der Waals surface area contributed by atoms with Gasteiger partial charge in [0.2, 0.25) is 11.8 Å². The van der Waals surface area contributed by atoms with Gasteiger partial charge in [0.1, 0.15) is 17.4 Å². The van der Waals surface area contributed by atoms with Gasteiger partial charge in [0, 0.05) is 22.6 Å². The number of rotatable bonds is 6. The first-order chi connectivity index (χ1) is 16.0. The van der Waals surface area contributed by atoms with E-state index in [1.54, 1.807) is 46.8 Å². The predicted octanol–water partition coefficient (Wildman–Crippen LogP) is 3.99. The van der Waals surface area contributed by atoms with Gasteiger partial charge in [-0.2, -0.15) is 0 Å². The van der Waals surface area contributed by atoms with E-state index in [0.717, 1.165) is 29.1 Å². The maximum atomic E-state index is 13.2. The van der Waals surface area contributed by atoms with E-state index in [4.69, 9.17) is 9.47 Å². The number of hydrogen-bond donors (Lipinski definition) is 1. The SMILES string of the molecule is CC[C@](C)(C(=O)Nc1ccc(Oc2cccc3c2C2(CC2)COC3)nc1)N(C(=O)[O-])C(C)(C)C. The van der Waals surface area contributed by atoms with Gasteiger partial charge in [-0.1, -0.05) is 19.1 Å². The van der Waals surface area contributed by atoms with Crippen molar-refractivity contribution in [1.82, 2.24) is 9.88 Å². The molecule has 0 unspecified atom stereocenters. The van der Waals surface area contributed by atoms with Gasteiger partial charge in [-0.05, 0) is 64.7 Å². The van der Waals surface area contributed by atoms with Crippen LogP contribution in [0.4, 0.5) is 10.5 Å². The summed E-state index contributed by atoms with van der Waals surface area (Å²) in [6.07, 6.45) is 2.58. The Kier molecular flexibility index (Phi) is 6.06. The molecule has 8 nitrogen and oxygen atoms in total. The molecule has 0 bridgehead atoms. The lowest BCUT2D eigenvalue weighted by Crippen LogP contribution is -2.66. The Bertz CT molecular complexity index is 1090. The molecular formula is C26H32N3O5-. The third-order valence-corrected chi connectivity index (χ3v) is 6.87. The van der Waals surface area contributed by atoms with Crippen molar-refractivity contribution in [2.75, 3.05) is 11.9 Å². The number of benzene rings is 1. The summed E-state index contributed by atoms with van der Waals surface area (Å²) in [4.78, 5) is 30.5. The van der Waals surface area contributed by atoms with E-state index in [1.165, 1.54) is 11.8 Å². The van der Waals surface area contributed by atoms with Crippen LogP contribution >= 0.6 is 0 Å². The van der Waals surface area contributed by atoms with E-state index in [1.807, 2.05) is 12.1 Å². The normalized spacial score (nSPS) is 17.9. The Morgan fingerprint density at radius 2 is 1.94 bits per heavy atom. The molecule has 0 radical (unpaired) electrons. The Balaban J connectivity index is 1.51. The van der Waals surface area contributed by atoms with Gasteiger partial charge in [0.15, 0.2) is 0 Å². The van der Waals surface area contributed by atoms with Crippen LogP contribution < -0.4 is 15.2 Å². The number of ether oxygens (including phenoxy) is 2. The molecule has 2 heterocycles. The molecular weight excluding hydrogens is 434 g/mol. The molecule has 182 valence electrons. The van der Waals surface area contributed by atoms with Gasteiger partial charge in [-0.15, -0.1) is 0 Å². The number of aromatic nitrogens is 1. The highest BCUT2D eigenvalue weighted by Crippen LogP contribution is 2.55. The zero-order valence-electron chi connectivity index (χ0n) is 20.4. The maximum absolute atomic E-state index is 13.2. The highest BCUT2D eigenvalue weighted by atomic mass is 16.5. The first kappa shape index (κ1) is 24.0. The summed E-state index contributed by atoms with van der Waals surface area (Å²) in [5.74, 6) is 0.756. The highest BCUT2D eigenvalue weighted by Gasteiger charge is 2.49. The molecule has 1 aromatic carbocycles. The van der Waals surface area contributed by atoms with E-state index in [0.29, 0.717) is 24.8 Å². The van der Waals surface area contributed by atoms with E-state index < -0.39 is 23.1 Å². The highest BCUT2D eigenvalue weighted by molar-refractivity contribution is 5.99. The van der Waals surface area contributed by atoms with Gasteiger partial charge >= 0.3 is 0 Å². The van der Waals surface area contributed by atoms with E-state index in [-0.39, 0.29) is 11.8 Å². The number of anilines is 1. The van der Waals surface area contributed by atoms with Gasteiger partial charge in [-0.3, -0.25) is 4.79 Å². The second kappa shape index (κ2) is 8.58. The minimum atomic E-state index is -1.39. The molecule has 34 heavy (non-hydrogen) atoms. The maximum Gasteiger partial charge on any atom is 0.250 e. The number of carbonyl (C=O) groups is 2. The van der Waals surface area contributed by atoms with Crippen LogP contribution in [0.2, 0.25) is 0 Å². The zero-order valence-corrected chi connectivity index (χ0v) is 20.4. The minimum absolute atomic E-state index is 0.0562. The van der Waals surface area contributed by atoms with Crippen LogP contribution in [0.1, 0.15) is 65.0 Å². The smallest absolute Gasteiger partial charge is 0.250 e. The lowest BCUT2D eigenvalue weighted by Gasteiger charge is -2.49. The molecule has 1 aromatic heterocycles. The molecule has 1 spiro atoms. The van der Waals surface area contributed by atoms with Gasteiger partial charge in [0.25, 0.3) is 0 Å². The molecule has 1 saturated carbocycles. The van der Waals surface area contributed by atoms with Crippen LogP contribution in [-0.2, 0) is 21.6 Å². The molecule has 1 atom stereocenters. The summed E-state index contributed by atoms with van der Waals surface area (Å²) in [6, 6.07) is 9.37. The standard InChI is InChI=1S/C26H33N3O5/c1-6-25(5,29(23(31)32)24(2,3)4)22(30)28-18-10-11-20(27-14-18)34-19-9-7-8-17-15-33-16-26(12-13-26)21(17)19/h7-11,14H,6,12-13,15-16H2,1-5H3,(H,28,30)(H,31,32)/p-1/t25-/m1/s1. The number of pyridine rings is 1. The minimum Gasteiger partial charge on any atom is -0.530 e. The predicted molar refractivity (Wildman–Crippen MR) is 126 cm³/mol. The fraction of sp³-hybridized carbons (Fsp3) is 0.500. The summed E-state index contributed by atoms with van der Waals surface area (Å²) >= 11 is 0. The second-order valence-electron chi connectivity index (χ2n) is 10.4. The van der Waals surface area contributed by atoms with Crippen molar-refractivity contribution in [3.05, 3.63) is 47.7 Å². The first-order valence-electron chi connectivity index (χ1n) is 11.7. The Labute approximate surface area is 200 Å². The number of carbonyl (C=O) groups excluding carboxylic acids is 2. The Morgan fingerprint density at radius 3 is 2.50 bits per heavy atom. The molecule has 1 aliphatic carbocycles. The molecule has 1 fully saturated rings. The monoisotopic (exact) mass is 466 g/mol. The van der Waals surface area contributed by atoms with Crippen molar-refractivity contribution in [2.24, 2.45) is 0 Å².